The van der Waals surface area contributed by atoms with Crippen LogP contribution in [0.25, 0.3) is 10.8 Å². The molecule has 0 radical (unpaired) electrons. The molecular formula is C50H56N4O6S3. The van der Waals surface area contributed by atoms with E-state index in [1.807, 2.05) is 54.6 Å². The SMILES string of the molecule is C=CCC1(C)c2cc(CC(=O)CN3C(=O)/C(=C\C=C4\SCC(CC)N4CC)SC3=S)ccc2N(CCC(=O)O)C1/C=C/C=C1/N(CCC(=O)O)c2c(ccc3ccccc23)C1(C)C. The number of Topliss-reactive ketones (excluding diaryl/α,β-unsaturated/α-hetero) is 1. The predicted molar refractivity (Wildman–Crippen MR) is 261 cm³/mol. The highest BCUT2D eigenvalue weighted by Crippen LogP contribution is 2.52. The number of carboxylic acid groups (broad SMARTS) is 2. The summed E-state index contributed by atoms with van der Waals surface area (Å²) in [6, 6.07) is 18.6. The second-order valence-corrected chi connectivity index (χ2v) is 20.0. The molecule has 2 N–H and O–H groups in total. The molecule has 7 rings (SSSR count). The normalized spacial score (nSPS) is 23.6. The van der Waals surface area contributed by atoms with Crippen LogP contribution in [-0.4, -0.2) is 92.0 Å². The Morgan fingerprint density at radius 3 is 2.38 bits per heavy atom. The second kappa shape index (κ2) is 18.9. The van der Waals surface area contributed by atoms with E-state index in [2.05, 4.69) is 92.3 Å². The van der Waals surface area contributed by atoms with Gasteiger partial charge in [-0.25, -0.2) is 0 Å². The molecule has 4 aliphatic rings. The molecule has 2 fully saturated rings. The Bertz CT molecular complexity index is 2490. The van der Waals surface area contributed by atoms with Crippen LogP contribution in [0, 0.1) is 0 Å². The molecule has 13 heteroatoms. The Morgan fingerprint density at radius 2 is 1.67 bits per heavy atom. The highest BCUT2D eigenvalue weighted by molar-refractivity contribution is 8.26. The smallest absolute Gasteiger partial charge is 0.305 e. The first-order valence-corrected chi connectivity index (χ1v) is 23.8. The lowest BCUT2D eigenvalue weighted by atomic mass is 9.75. The molecule has 0 spiro atoms. The number of carbonyl (C=O) groups is 4. The fourth-order valence-electron chi connectivity index (χ4n) is 9.70. The highest BCUT2D eigenvalue weighted by Gasteiger charge is 2.46. The van der Waals surface area contributed by atoms with Crippen molar-refractivity contribution in [3.05, 3.63) is 130 Å². The number of amides is 1. The van der Waals surface area contributed by atoms with E-state index in [9.17, 15) is 29.4 Å². The predicted octanol–water partition coefficient (Wildman–Crippen LogP) is 9.59. The quantitative estimate of drug-likeness (QED) is 0.0763. The summed E-state index contributed by atoms with van der Waals surface area (Å²) in [6.45, 7) is 16.2. The Morgan fingerprint density at radius 1 is 0.921 bits per heavy atom. The monoisotopic (exact) mass is 904 g/mol. The summed E-state index contributed by atoms with van der Waals surface area (Å²) >= 11 is 8.61. The molecule has 1 amide bonds. The van der Waals surface area contributed by atoms with Gasteiger partial charge in [-0.05, 0) is 66.1 Å². The van der Waals surface area contributed by atoms with Gasteiger partial charge in [0, 0.05) is 65.5 Å². The zero-order valence-electron chi connectivity index (χ0n) is 36.6. The van der Waals surface area contributed by atoms with Crippen LogP contribution in [-0.2, 0) is 36.4 Å². The van der Waals surface area contributed by atoms with Crippen molar-refractivity contribution < 1.29 is 29.4 Å². The molecule has 3 aromatic rings. The summed E-state index contributed by atoms with van der Waals surface area (Å²) in [6.07, 6.45) is 13.5. The molecule has 3 aromatic carbocycles. The molecule has 2 saturated heterocycles. The Labute approximate surface area is 384 Å². The molecule has 3 unspecified atom stereocenters. The lowest BCUT2D eigenvalue weighted by molar-refractivity contribution is -0.137. The second-order valence-electron chi connectivity index (χ2n) is 17.3. The number of hydrogen-bond donors (Lipinski definition) is 2. The number of anilines is 2. The van der Waals surface area contributed by atoms with E-state index < -0.39 is 22.8 Å². The fourth-order valence-corrected chi connectivity index (χ4v) is 12.3. The number of thioether (sulfide) groups is 2. The van der Waals surface area contributed by atoms with Crippen LogP contribution in [0.5, 0.6) is 0 Å². The van der Waals surface area contributed by atoms with Gasteiger partial charge in [0.05, 0.1) is 41.0 Å². The molecule has 0 aliphatic carbocycles. The van der Waals surface area contributed by atoms with E-state index in [4.69, 9.17) is 12.2 Å². The molecule has 330 valence electrons. The van der Waals surface area contributed by atoms with E-state index in [0.717, 1.165) is 68.3 Å². The van der Waals surface area contributed by atoms with Gasteiger partial charge in [-0.15, -0.1) is 18.3 Å². The standard InChI is InChI=1S/C50H56N4O6S3/c1-7-25-50(6)38-29-32(28-35(55)30-54-47(60)40(63-48(54)61)21-22-43-51(9-3)34(8-2)31-62-43)17-20-39(38)52(26-23-44(56)57)42(50)16-12-15-41-49(4,5)37-19-18-33-13-10-11-14-36(33)46(37)53(41)27-24-45(58)59/h7,10-22,29,34,42H,1,8-9,23-28,30-31H2,2-6H3,(H,56,57)(H,58,59)/b16-12+,40-21+,41-15+,43-22+. The van der Waals surface area contributed by atoms with Crippen LogP contribution in [0.2, 0.25) is 0 Å². The van der Waals surface area contributed by atoms with Crippen LogP contribution in [0.4, 0.5) is 11.4 Å². The minimum Gasteiger partial charge on any atom is -0.481 e. The van der Waals surface area contributed by atoms with Crippen molar-refractivity contribution in [2.24, 2.45) is 0 Å². The number of fused-ring (bicyclic) bond motifs is 4. The van der Waals surface area contributed by atoms with Crippen molar-refractivity contribution in [1.29, 1.82) is 0 Å². The van der Waals surface area contributed by atoms with Gasteiger partial charge in [-0.3, -0.25) is 24.1 Å². The number of benzene rings is 3. The van der Waals surface area contributed by atoms with Gasteiger partial charge >= 0.3 is 11.9 Å². The van der Waals surface area contributed by atoms with E-state index in [1.165, 1.54) is 16.7 Å². The van der Waals surface area contributed by atoms with Gasteiger partial charge in [0.15, 0.2) is 5.78 Å². The van der Waals surface area contributed by atoms with Crippen LogP contribution < -0.4 is 9.80 Å². The largest absolute Gasteiger partial charge is 0.481 e. The zero-order valence-corrected chi connectivity index (χ0v) is 39.1. The van der Waals surface area contributed by atoms with Crippen LogP contribution in [0.15, 0.2) is 113 Å². The summed E-state index contributed by atoms with van der Waals surface area (Å²) in [5.41, 5.74) is 4.81. The first kappa shape index (κ1) is 45.9. The van der Waals surface area contributed by atoms with E-state index in [-0.39, 0.29) is 50.1 Å². The maximum Gasteiger partial charge on any atom is 0.305 e. The Hall–Kier alpha value is -5.11. The van der Waals surface area contributed by atoms with Gasteiger partial charge in [0.1, 0.15) is 4.32 Å². The fraction of sp³-hybridized carbons (Fsp3) is 0.380. The molecule has 0 aromatic heterocycles. The molecule has 63 heavy (non-hydrogen) atoms. The molecule has 10 nitrogen and oxygen atoms in total. The van der Waals surface area contributed by atoms with Crippen LogP contribution in [0.3, 0.4) is 0 Å². The van der Waals surface area contributed by atoms with Gasteiger partial charge < -0.3 is 24.9 Å². The lowest BCUT2D eigenvalue weighted by Crippen LogP contribution is -2.42. The van der Waals surface area contributed by atoms with E-state index in [1.54, 1.807) is 11.8 Å². The van der Waals surface area contributed by atoms with E-state index in [0.29, 0.717) is 28.2 Å². The number of carboxylic acids is 2. The maximum atomic E-state index is 13.7. The van der Waals surface area contributed by atoms with Crippen molar-refractivity contribution in [2.45, 2.75) is 89.6 Å². The van der Waals surface area contributed by atoms with Gasteiger partial charge in [0.2, 0.25) is 0 Å². The van der Waals surface area contributed by atoms with Crippen LogP contribution >= 0.6 is 35.7 Å². The third-order valence-electron chi connectivity index (χ3n) is 12.9. The minimum atomic E-state index is -0.902. The topological polar surface area (TPSA) is 122 Å². The summed E-state index contributed by atoms with van der Waals surface area (Å²) in [5, 5.41) is 22.9. The highest BCUT2D eigenvalue weighted by atomic mass is 32.2. The third-order valence-corrected chi connectivity index (χ3v) is 15.5. The summed E-state index contributed by atoms with van der Waals surface area (Å²) in [4.78, 5) is 59.7. The average molecular weight is 905 g/mol. The number of aliphatic carboxylic acids is 2. The van der Waals surface area contributed by atoms with Crippen molar-refractivity contribution >= 4 is 85.8 Å². The number of nitrogens with zero attached hydrogens (tertiary/aromatic N) is 4. The number of ketones is 1. The lowest BCUT2D eigenvalue weighted by Gasteiger charge is -2.34. The van der Waals surface area contributed by atoms with Gasteiger partial charge in [0.25, 0.3) is 5.91 Å². The first-order valence-electron chi connectivity index (χ1n) is 21.6. The van der Waals surface area contributed by atoms with Crippen molar-refractivity contribution in [3.8, 4) is 0 Å². The number of hydrogen-bond acceptors (Lipinski definition) is 10. The number of allylic oxidation sites excluding steroid dienone is 6. The molecule has 4 heterocycles. The van der Waals surface area contributed by atoms with Crippen LogP contribution in [0.1, 0.15) is 77.0 Å². The van der Waals surface area contributed by atoms with Gasteiger partial charge in [-0.2, -0.15) is 0 Å². The van der Waals surface area contributed by atoms with Crippen molar-refractivity contribution in [3.63, 3.8) is 0 Å². The summed E-state index contributed by atoms with van der Waals surface area (Å²) in [7, 11) is 0. The van der Waals surface area contributed by atoms with E-state index >= 15 is 0 Å². The van der Waals surface area contributed by atoms with Gasteiger partial charge in [-0.1, -0.05) is 118 Å². The van der Waals surface area contributed by atoms with Crippen molar-refractivity contribution in [2.75, 3.05) is 41.7 Å². The molecule has 0 bridgehead atoms. The number of thiocarbonyl (C=S) groups is 1. The first-order chi connectivity index (χ1) is 30.1. The Balaban J connectivity index is 1.15. The third kappa shape index (κ3) is 9.01. The molecule has 3 atom stereocenters. The molecule has 4 aliphatic heterocycles. The molecule has 0 saturated carbocycles. The number of rotatable bonds is 17. The summed E-state index contributed by atoms with van der Waals surface area (Å²) < 4.78 is 0.366. The average Bonchev–Trinajstić information content (AvgIpc) is 3.91. The minimum absolute atomic E-state index is 0.0315. The zero-order chi connectivity index (χ0) is 45.2. The Kier molecular flexibility index (Phi) is 13.8. The van der Waals surface area contributed by atoms with Crippen molar-refractivity contribution in [1.82, 2.24) is 9.80 Å². The summed E-state index contributed by atoms with van der Waals surface area (Å²) in [5.74, 6) is -1.16. The maximum absolute atomic E-state index is 13.7. The number of carbonyl (C=O) groups excluding carboxylic acids is 2. The molecular weight excluding hydrogens is 849 g/mol.